The van der Waals surface area contributed by atoms with Crippen LogP contribution in [0.2, 0.25) is 0 Å². The lowest BCUT2D eigenvalue weighted by Gasteiger charge is -2.26. The van der Waals surface area contributed by atoms with Gasteiger partial charge in [-0.05, 0) is 75.4 Å². The number of phenols is 1. The molecule has 0 radical (unpaired) electrons. The Balaban J connectivity index is 1.90. The van der Waals surface area contributed by atoms with Gasteiger partial charge in [0.05, 0.1) is 23.2 Å². The summed E-state index contributed by atoms with van der Waals surface area (Å²) in [4.78, 5) is 27.9. The molecule has 3 aromatic carbocycles. The highest BCUT2D eigenvalue weighted by atomic mass is 79.9. The van der Waals surface area contributed by atoms with E-state index in [4.69, 9.17) is 4.74 Å². The molecular formula is C27H24BrNO5. The number of phenolic OH excluding ortho intramolecular Hbond substituents is 1. The molecule has 2 N–H and O–H groups in total. The molecule has 1 aliphatic heterocycles. The molecule has 1 amide bonds. The fourth-order valence-corrected chi connectivity index (χ4v) is 4.60. The molecule has 1 fully saturated rings. The molecule has 1 atom stereocenters. The van der Waals surface area contributed by atoms with Gasteiger partial charge in [-0.3, -0.25) is 14.5 Å². The molecule has 4 rings (SSSR count). The molecule has 0 bridgehead atoms. The van der Waals surface area contributed by atoms with Crippen molar-refractivity contribution in [3.8, 4) is 11.5 Å². The minimum Gasteiger partial charge on any atom is -0.508 e. The number of amides is 1. The number of halogens is 1. The van der Waals surface area contributed by atoms with Crippen LogP contribution in [0.4, 0.5) is 5.69 Å². The Kier molecular flexibility index (Phi) is 6.48. The van der Waals surface area contributed by atoms with Gasteiger partial charge < -0.3 is 14.9 Å². The van der Waals surface area contributed by atoms with Crippen molar-refractivity contribution in [2.24, 2.45) is 0 Å². The van der Waals surface area contributed by atoms with Crippen LogP contribution in [0.1, 0.15) is 42.5 Å². The van der Waals surface area contributed by atoms with Crippen molar-refractivity contribution >= 4 is 39.1 Å². The van der Waals surface area contributed by atoms with Crippen molar-refractivity contribution in [1.82, 2.24) is 0 Å². The number of carbonyl (C=O) groups is 2. The Bertz CT molecular complexity index is 1280. The summed E-state index contributed by atoms with van der Waals surface area (Å²) >= 11 is 3.40. The van der Waals surface area contributed by atoms with Gasteiger partial charge in [-0.2, -0.15) is 0 Å². The van der Waals surface area contributed by atoms with E-state index in [1.807, 2.05) is 12.1 Å². The molecule has 3 aromatic rings. The molecule has 0 saturated carbocycles. The number of hydrogen-bond acceptors (Lipinski definition) is 5. The van der Waals surface area contributed by atoms with Crippen molar-refractivity contribution in [3.05, 3.63) is 93.5 Å². The quantitative estimate of drug-likeness (QED) is 0.247. The average molecular weight is 522 g/mol. The molecule has 0 spiro atoms. The first kappa shape index (κ1) is 23.6. The van der Waals surface area contributed by atoms with E-state index in [1.54, 1.807) is 42.5 Å². The van der Waals surface area contributed by atoms with Gasteiger partial charge in [-0.1, -0.05) is 38.1 Å². The number of ketones is 1. The van der Waals surface area contributed by atoms with Gasteiger partial charge in [0.2, 0.25) is 0 Å². The number of benzene rings is 3. The van der Waals surface area contributed by atoms with E-state index in [1.165, 1.54) is 24.1 Å². The minimum atomic E-state index is -0.869. The maximum absolute atomic E-state index is 13.2. The maximum Gasteiger partial charge on any atom is 0.300 e. The van der Waals surface area contributed by atoms with Crippen LogP contribution in [0.15, 0.2) is 76.8 Å². The predicted molar refractivity (Wildman–Crippen MR) is 134 cm³/mol. The van der Waals surface area contributed by atoms with E-state index in [2.05, 4.69) is 29.8 Å². The van der Waals surface area contributed by atoms with Gasteiger partial charge >= 0.3 is 0 Å². The fraction of sp³-hybridized carbons (Fsp3) is 0.185. The monoisotopic (exact) mass is 521 g/mol. The fourth-order valence-electron chi connectivity index (χ4n) is 4.06. The van der Waals surface area contributed by atoms with Crippen LogP contribution in [0.3, 0.4) is 0 Å². The molecule has 0 aliphatic carbocycles. The van der Waals surface area contributed by atoms with Gasteiger partial charge in [0.1, 0.15) is 17.3 Å². The van der Waals surface area contributed by atoms with E-state index in [0.717, 1.165) is 5.56 Å². The van der Waals surface area contributed by atoms with Crippen LogP contribution in [0.5, 0.6) is 11.5 Å². The molecule has 1 heterocycles. The summed E-state index contributed by atoms with van der Waals surface area (Å²) in [6, 6.07) is 17.8. The summed E-state index contributed by atoms with van der Waals surface area (Å²) in [7, 11) is 1.53. The molecule has 7 heteroatoms. The zero-order chi connectivity index (χ0) is 24.6. The van der Waals surface area contributed by atoms with Crippen molar-refractivity contribution in [2.45, 2.75) is 25.8 Å². The number of ether oxygens (including phenoxy) is 1. The zero-order valence-electron chi connectivity index (χ0n) is 18.9. The second kappa shape index (κ2) is 9.35. The highest BCUT2D eigenvalue weighted by Crippen LogP contribution is 2.43. The minimum absolute atomic E-state index is 0.0271. The maximum atomic E-state index is 13.2. The molecule has 1 unspecified atom stereocenters. The number of nitrogens with zero attached hydrogens (tertiary/aromatic N) is 1. The Morgan fingerprint density at radius 3 is 2.21 bits per heavy atom. The van der Waals surface area contributed by atoms with Gasteiger partial charge in [0.25, 0.3) is 11.7 Å². The van der Waals surface area contributed by atoms with E-state index in [-0.39, 0.29) is 17.1 Å². The van der Waals surface area contributed by atoms with Gasteiger partial charge in [0, 0.05) is 11.3 Å². The van der Waals surface area contributed by atoms with Crippen LogP contribution in [-0.2, 0) is 9.59 Å². The lowest BCUT2D eigenvalue weighted by atomic mass is 9.95. The van der Waals surface area contributed by atoms with Crippen LogP contribution >= 0.6 is 15.9 Å². The lowest BCUT2D eigenvalue weighted by molar-refractivity contribution is -0.132. The van der Waals surface area contributed by atoms with Crippen LogP contribution < -0.4 is 9.64 Å². The molecule has 0 aromatic heterocycles. The Morgan fingerprint density at radius 2 is 1.65 bits per heavy atom. The topological polar surface area (TPSA) is 87.1 Å². The summed E-state index contributed by atoms with van der Waals surface area (Å²) in [5.41, 5.74) is 2.56. The first-order valence-electron chi connectivity index (χ1n) is 10.8. The largest absolute Gasteiger partial charge is 0.508 e. The lowest BCUT2D eigenvalue weighted by Crippen LogP contribution is -2.29. The number of carbonyl (C=O) groups excluding carboxylic acids is 2. The van der Waals surface area contributed by atoms with Gasteiger partial charge in [-0.15, -0.1) is 0 Å². The predicted octanol–water partition coefficient (Wildman–Crippen LogP) is 5.91. The summed E-state index contributed by atoms with van der Waals surface area (Å²) in [6.45, 7) is 4.15. The molecule has 1 saturated heterocycles. The number of Topliss-reactive ketones (excluding diaryl/α,β-unsaturated/α-hetero) is 1. The summed E-state index contributed by atoms with van der Waals surface area (Å²) in [6.07, 6.45) is 0. The van der Waals surface area contributed by atoms with E-state index < -0.39 is 17.7 Å². The van der Waals surface area contributed by atoms with Crippen LogP contribution in [-0.4, -0.2) is 29.0 Å². The molecule has 34 heavy (non-hydrogen) atoms. The third-order valence-corrected chi connectivity index (χ3v) is 6.54. The average Bonchev–Trinajstić information content (AvgIpc) is 3.09. The highest BCUT2D eigenvalue weighted by Gasteiger charge is 2.47. The normalized spacial score (nSPS) is 17.4. The van der Waals surface area contributed by atoms with E-state index in [9.17, 15) is 19.8 Å². The number of aliphatic hydroxyl groups is 1. The zero-order valence-corrected chi connectivity index (χ0v) is 20.5. The smallest absolute Gasteiger partial charge is 0.300 e. The van der Waals surface area contributed by atoms with Crippen LogP contribution in [0.25, 0.3) is 5.76 Å². The Morgan fingerprint density at radius 1 is 1.00 bits per heavy atom. The number of methoxy groups -OCH3 is 1. The summed E-state index contributed by atoms with van der Waals surface area (Å²) in [5.74, 6) is -0.870. The first-order valence-corrected chi connectivity index (χ1v) is 11.6. The molecule has 6 nitrogen and oxygen atoms in total. The number of hydrogen-bond donors (Lipinski definition) is 2. The number of anilines is 1. The molecule has 174 valence electrons. The third kappa shape index (κ3) is 4.19. The highest BCUT2D eigenvalue weighted by molar-refractivity contribution is 9.10. The van der Waals surface area contributed by atoms with Gasteiger partial charge in [0.15, 0.2) is 0 Å². The van der Waals surface area contributed by atoms with Gasteiger partial charge in [-0.25, -0.2) is 0 Å². The van der Waals surface area contributed by atoms with Crippen molar-refractivity contribution in [3.63, 3.8) is 0 Å². The SMILES string of the molecule is COc1ccc(/C(O)=C2/C(=O)C(=O)N(c3ccc(C(C)C)cc3)C2c2ccc(O)cc2)cc1Br. The summed E-state index contributed by atoms with van der Waals surface area (Å²) in [5, 5.41) is 21.0. The van der Waals surface area contributed by atoms with E-state index in [0.29, 0.717) is 33.0 Å². The number of aliphatic hydroxyl groups excluding tert-OH is 1. The Labute approximate surface area is 206 Å². The molecule has 1 aliphatic rings. The van der Waals surface area contributed by atoms with Crippen LogP contribution in [0, 0.1) is 0 Å². The first-order chi connectivity index (χ1) is 16.2. The number of aromatic hydroxyl groups is 1. The molecular weight excluding hydrogens is 498 g/mol. The van der Waals surface area contributed by atoms with Crippen molar-refractivity contribution < 1.29 is 24.5 Å². The summed E-state index contributed by atoms with van der Waals surface area (Å²) < 4.78 is 5.84. The second-order valence-electron chi connectivity index (χ2n) is 8.36. The van der Waals surface area contributed by atoms with Crippen molar-refractivity contribution in [1.29, 1.82) is 0 Å². The second-order valence-corrected chi connectivity index (χ2v) is 9.21. The third-order valence-electron chi connectivity index (χ3n) is 5.92. The number of rotatable bonds is 5. The standard InChI is InChI=1S/C27H24BrNO5/c1-15(2)16-4-9-19(10-5-16)29-24(17-6-11-20(30)12-7-17)23(26(32)27(29)33)25(31)18-8-13-22(34-3)21(28)14-18/h4-15,24,30-31H,1-3H3/b25-23-. The van der Waals surface area contributed by atoms with E-state index >= 15 is 0 Å². The van der Waals surface area contributed by atoms with Crippen molar-refractivity contribution in [2.75, 3.05) is 12.0 Å². The Hall–Kier alpha value is -3.58.